The fourth-order valence-electron chi connectivity index (χ4n) is 1.99. The van der Waals surface area contributed by atoms with E-state index in [1.165, 1.54) is 0 Å². The third kappa shape index (κ3) is 4.57. The van der Waals surface area contributed by atoms with Gasteiger partial charge >= 0.3 is 5.97 Å². The lowest BCUT2D eigenvalue weighted by Crippen LogP contribution is -2.21. The van der Waals surface area contributed by atoms with Crippen LogP contribution >= 0.6 is 11.6 Å². The zero-order valence-corrected chi connectivity index (χ0v) is 14.0. The molecule has 0 aliphatic heterocycles. The van der Waals surface area contributed by atoms with Crippen LogP contribution < -0.4 is 5.32 Å². The quantitative estimate of drug-likeness (QED) is 0.859. The molecule has 0 fully saturated rings. The Bertz CT molecular complexity index is 756. The minimum Gasteiger partial charge on any atom is -0.452 e. The van der Waals surface area contributed by atoms with Gasteiger partial charge in [0.15, 0.2) is 6.61 Å². The Morgan fingerprint density at radius 2 is 1.78 bits per heavy atom. The summed E-state index contributed by atoms with van der Waals surface area (Å²) in [6.45, 7) is 5.42. The molecule has 2 aromatic carbocycles. The maximum Gasteiger partial charge on any atom is 0.338 e. The van der Waals surface area contributed by atoms with Crippen molar-refractivity contribution in [1.29, 1.82) is 0 Å². The molecular formula is C18H18ClNO3. The van der Waals surface area contributed by atoms with Crippen LogP contribution in [0.15, 0.2) is 36.4 Å². The SMILES string of the molecule is Cc1ccc(NC(=O)COC(=O)c2ccc(C)c(C)c2)c(Cl)c1. The predicted octanol–water partition coefficient (Wildman–Crippen LogP) is 4.06. The minimum absolute atomic E-state index is 0.365. The summed E-state index contributed by atoms with van der Waals surface area (Å²) in [5.74, 6) is -0.966. The maximum atomic E-state index is 11.9. The van der Waals surface area contributed by atoms with E-state index in [0.717, 1.165) is 16.7 Å². The van der Waals surface area contributed by atoms with Crippen molar-refractivity contribution in [3.05, 3.63) is 63.7 Å². The molecular weight excluding hydrogens is 314 g/mol. The molecule has 0 spiro atoms. The van der Waals surface area contributed by atoms with Gasteiger partial charge in [0, 0.05) is 0 Å². The Morgan fingerprint density at radius 1 is 1.04 bits per heavy atom. The highest BCUT2D eigenvalue weighted by Crippen LogP contribution is 2.22. The molecule has 0 radical (unpaired) electrons. The second kappa shape index (κ2) is 7.29. The van der Waals surface area contributed by atoms with Gasteiger partial charge < -0.3 is 10.1 Å². The van der Waals surface area contributed by atoms with Crippen molar-refractivity contribution in [1.82, 2.24) is 0 Å². The van der Waals surface area contributed by atoms with Crippen LogP contribution in [0, 0.1) is 20.8 Å². The number of hydrogen-bond donors (Lipinski definition) is 1. The van der Waals surface area contributed by atoms with E-state index >= 15 is 0 Å². The molecule has 0 atom stereocenters. The molecule has 4 nitrogen and oxygen atoms in total. The first-order valence-corrected chi connectivity index (χ1v) is 7.55. The molecule has 0 heterocycles. The molecule has 0 aromatic heterocycles. The topological polar surface area (TPSA) is 55.4 Å². The number of halogens is 1. The van der Waals surface area contributed by atoms with Crippen molar-refractivity contribution in [3.8, 4) is 0 Å². The molecule has 5 heteroatoms. The largest absolute Gasteiger partial charge is 0.452 e. The van der Waals surface area contributed by atoms with E-state index in [9.17, 15) is 9.59 Å². The van der Waals surface area contributed by atoms with Crippen LogP contribution in [0.25, 0.3) is 0 Å². The van der Waals surface area contributed by atoms with Gasteiger partial charge in [-0.15, -0.1) is 0 Å². The summed E-state index contributed by atoms with van der Waals surface area (Å²) in [5.41, 5.74) is 4.00. The summed E-state index contributed by atoms with van der Waals surface area (Å²) in [5, 5.41) is 3.06. The zero-order valence-electron chi connectivity index (χ0n) is 13.3. The molecule has 2 aromatic rings. The second-order valence-corrected chi connectivity index (χ2v) is 5.81. The Kier molecular flexibility index (Phi) is 5.40. The Balaban J connectivity index is 1.93. The van der Waals surface area contributed by atoms with Crippen LogP contribution in [-0.2, 0) is 9.53 Å². The number of nitrogens with one attached hydrogen (secondary N) is 1. The summed E-state index contributed by atoms with van der Waals surface area (Å²) in [6.07, 6.45) is 0. The predicted molar refractivity (Wildman–Crippen MR) is 91.0 cm³/mol. The van der Waals surface area contributed by atoms with Gasteiger partial charge in [-0.1, -0.05) is 23.7 Å². The zero-order chi connectivity index (χ0) is 17.0. The lowest BCUT2D eigenvalue weighted by molar-refractivity contribution is -0.119. The summed E-state index contributed by atoms with van der Waals surface area (Å²) < 4.78 is 5.03. The third-order valence-electron chi connectivity index (χ3n) is 3.48. The highest BCUT2D eigenvalue weighted by Gasteiger charge is 2.12. The average Bonchev–Trinajstić information content (AvgIpc) is 2.50. The third-order valence-corrected chi connectivity index (χ3v) is 3.79. The van der Waals surface area contributed by atoms with Gasteiger partial charge in [-0.2, -0.15) is 0 Å². The highest BCUT2D eigenvalue weighted by molar-refractivity contribution is 6.33. The molecule has 0 unspecified atom stereocenters. The van der Waals surface area contributed by atoms with Crippen LogP contribution in [0.5, 0.6) is 0 Å². The minimum atomic E-state index is -0.529. The van der Waals surface area contributed by atoms with Crippen molar-refractivity contribution in [2.45, 2.75) is 20.8 Å². The molecule has 0 aliphatic carbocycles. The van der Waals surface area contributed by atoms with Gasteiger partial charge in [0.2, 0.25) is 0 Å². The Hall–Kier alpha value is -2.33. The van der Waals surface area contributed by atoms with Gasteiger partial charge in [-0.05, 0) is 61.7 Å². The van der Waals surface area contributed by atoms with E-state index in [0.29, 0.717) is 16.3 Å². The van der Waals surface area contributed by atoms with Gasteiger partial charge in [0.1, 0.15) is 0 Å². The van der Waals surface area contributed by atoms with Crippen molar-refractivity contribution in [3.63, 3.8) is 0 Å². The average molecular weight is 332 g/mol. The van der Waals surface area contributed by atoms with E-state index in [1.54, 1.807) is 24.3 Å². The molecule has 2 rings (SSSR count). The van der Waals surface area contributed by atoms with Crippen LogP contribution in [0.2, 0.25) is 5.02 Å². The Morgan fingerprint density at radius 3 is 2.43 bits per heavy atom. The van der Waals surface area contributed by atoms with Crippen molar-refractivity contribution in [2.75, 3.05) is 11.9 Å². The molecule has 0 aliphatic rings. The molecule has 1 N–H and O–H groups in total. The number of anilines is 1. The van der Waals surface area contributed by atoms with E-state index in [4.69, 9.17) is 16.3 Å². The van der Waals surface area contributed by atoms with Crippen LogP contribution in [0.4, 0.5) is 5.69 Å². The standard InChI is InChI=1S/C18H18ClNO3/c1-11-4-7-16(15(19)8-11)20-17(21)10-23-18(22)14-6-5-12(2)13(3)9-14/h4-9H,10H2,1-3H3,(H,20,21). The number of ether oxygens (including phenoxy) is 1. The normalized spacial score (nSPS) is 10.3. The van der Waals surface area contributed by atoms with E-state index in [2.05, 4.69) is 5.32 Å². The number of amides is 1. The Labute approximate surface area is 140 Å². The fourth-order valence-corrected chi connectivity index (χ4v) is 2.27. The van der Waals surface area contributed by atoms with E-state index in [1.807, 2.05) is 32.9 Å². The second-order valence-electron chi connectivity index (χ2n) is 5.41. The summed E-state index contributed by atoms with van der Waals surface area (Å²) in [6, 6.07) is 10.6. The molecule has 1 amide bonds. The van der Waals surface area contributed by atoms with Gasteiger partial charge in [0.25, 0.3) is 5.91 Å². The number of benzene rings is 2. The first-order chi connectivity index (χ1) is 10.9. The van der Waals surface area contributed by atoms with Crippen LogP contribution in [-0.4, -0.2) is 18.5 Å². The summed E-state index contributed by atoms with van der Waals surface area (Å²) in [7, 11) is 0. The monoisotopic (exact) mass is 331 g/mol. The first kappa shape index (κ1) is 17.0. The van der Waals surface area contributed by atoms with Gasteiger partial charge in [0.05, 0.1) is 16.3 Å². The van der Waals surface area contributed by atoms with E-state index < -0.39 is 11.9 Å². The fraction of sp³-hybridized carbons (Fsp3) is 0.222. The molecule has 0 bridgehead atoms. The van der Waals surface area contributed by atoms with Crippen LogP contribution in [0.1, 0.15) is 27.0 Å². The molecule has 23 heavy (non-hydrogen) atoms. The number of aryl methyl sites for hydroxylation is 3. The first-order valence-electron chi connectivity index (χ1n) is 7.17. The smallest absolute Gasteiger partial charge is 0.338 e. The number of hydrogen-bond acceptors (Lipinski definition) is 3. The van der Waals surface area contributed by atoms with Crippen molar-refractivity contribution in [2.24, 2.45) is 0 Å². The van der Waals surface area contributed by atoms with Crippen molar-refractivity contribution < 1.29 is 14.3 Å². The number of carbonyl (C=O) groups is 2. The van der Waals surface area contributed by atoms with Gasteiger partial charge in [-0.25, -0.2) is 4.79 Å². The molecule has 0 saturated heterocycles. The molecule has 120 valence electrons. The summed E-state index contributed by atoms with van der Waals surface area (Å²) in [4.78, 5) is 23.8. The van der Waals surface area contributed by atoms with Crippen molar-refractivity contribution >= 4 is 29.2 Å². The lowest BCUT2D eigenvalue weighted by Gasteiger charge is -2.09. The van der Waals surface area contributed by atoms with Crippen LogP contribution in [0.3, 0.4) is 0 Å². The summed E-state index contributed by atoms with van der Waals surface area (Å²) >= 11 is 6.04. The van der Waals surface area contributed by atoms with E-state index in [-0.39, 0.29) is 6.61 Å². The molecule has 0 saturated carbocycles. The number of esters is 1. The highest BCUT2D eigenvalue weighted by atomic mass is 35.5. The van der Waals surface area contributed by atoms with Gasteiger partial charge in [-0.3, -0.25) is 4.79 Å². The number of carbonyl (C=O) groups excluding carboxylic acids is 2. The number of rotatable bonds is 4. The maximum absolute atomic E-state index is 11.9. The lowest BCUT2D eigenvalue weighted by atomic mass is 10.1.